The van der Waals surface area contributed by atoms with Crippen LogP contribution >= 0.6 is 0 Å². The van der Waals surface area contributed by atoms with Gasteiger partial charge in [0.2, 0.25) is 5.65 Å². The van der Waals surface area contributed by atoms with E-state index in [1.54, 1.807) is 12.5 Å². The van der Waals surface area contributed by atoms with Crippen LogP contribution in [-0.4, -0.2) is 41.8 Å². The molecule has 2 unspecified atom stereocenters. The number of nitrogens with zero attached hydrogens (tertiary/aromatic N) is 4. The quantitative estimate of drug-likeness (QED) is 0.864. The Morgan fingerprint density at radius 3 is 3.00 bits per heavy atom. The van der Waals surface area contributed by atoms with Gasteiger partial charge in [-0.2, -0.15) is 0 Å². The van der Waals surface area contributed by atoms with Gasteiger partial charge in [-0.1, -0.05) is 0 Å². The van der Waals surface area contributed by atoms with Crippen molar-refractivity contribution in [2.24, 2.45) is 0 Å². The topological polar surface area (TPSA) is 72.2 Å². The zero-order valence-electron chi connectivity index (χ0n) is 10.0. The monoisotopic (exact) mass is 253 g/mol. The van der Waals surface area contributed by atoms with E-state index in [4.69, 9.17) is 0 Å². The van der Waals surface area contributed by atoms with E-state index in [2.05, 4.69) is 20.5 Å². The number of anilines is 1. The lowest BCUT2D eigenvalue weighted by molar-refractivity contribution is 0.683. The van der Waals surface area contributed by atoms with E-state index in [-0.39, 0.29) is 6.04 Å². The molecule has 0 bridgehead atoms. The van der Waals surface area contributed by atoms with Crippen molar-refractivity contribution in [2.45, 2.75) is 19.9 Å². The van der Waals surface area contributed by atoms with Crippen molar-refractivity contribution in [3.63, 3.8) is 0 Å². The maximum atomic E-state index is 11.1. The van der Waals surface area contributed by atoms with E-state index in [9.17, 15) is 4.21 Å². The molecule has 0 aliphatic carbocycles. The summed E-state index contributed by atoms with van der Waals surface area (Å²) in [5, 5.41) is 11.3. The number of hydrogen-bond acceptors (Lipinski definition) is 5. The average Bonchev–Trinajstić information content (AvgIpc) is 2.61. The maximum Gasteiger partial charge on any atom is 0.203 e. The van der Waals surface area contributed by atoms with Crippen molar-refractivity contribution in [1.82, 2.24) is 19.6 Å². The highest BCUT2D eigenvalue weighted by atomic mass is 32.2. The van der Waals surface area contributed by atoms with Gasteiger partial charge in [0.05, 0.1) is 0 Å². The zero-order valence-corrected chi connectivity index (χ0v) is 10.9. The fraction of sp³-hybridized carbons (Fsp3) is 0.500. The third kappa shape index (κ3) is 2.60. The molecule has 2 aromatic rings. The van der Waals surface area contributed by atoms with Crippen molar-refractivity contribution in [3.05, 3.63) is 18.2 Å². The largest absolute Gasteiger partial charge is 0.364 e. The van der Waals surface area contributed by atoms with Crippen molar-refractivity contribution in [1.29, 1.82) is 0 Å². The first-order valence-electron chi connectivity index (χ1n) is 5.31. The Labute approximate surface area is 102 Å². The Hall–Kier alpha value is -1.50. The smallest absolute Gasteiger partial charge is 0.203 e. The van der Waals surface area contributed by atoms with E-state index < -0.39 is 10.8 Å². The van der Waals surface area contributed by atoms with Crippen LogP contribution in [0.15, 0.2) is 12.4 Å². The van der Waals surface area contributed by atoms with E-state index >= 15 is 0 Å². The van der Waals surface area contributed by atoms with E-state index in [0.29, 0.717) is 17.2 Å². The van der Waals surface area contributed by atoms with Crippen LogP contribution in [-0.2, 0) is 10.8 Å². The van der Waals surface area contributed by atoms with Crippen LogP contribution in [0.2, 0.25) is 0 Å². The second kappa shape index (κ2) is 4.79. The molecule has 0 aliphatic rings. The molecule has 0 saturated heterocycles. The molecule has 0 radical (unpaired) electrons. The minimum absolute atomic E-state index is 0.0801. The van der Waals surface area contributed by atoms with Crippen LogP contribution < -0.4 is 5.32 Å². The number of aromatic nitrogens is 4. The molecule has 92 valence electrons. The highest BCUT2D eigenvalue weighted by molar-refractivity contribution is 7.84. The molecular weight excluding hydrogens is 238 g/mol. The summed E-state index contributed by atoms with van der Waals surface area (Å²) >= 11 is 0. The van der Waals surface area contributed by atoms with Crippen LogP contribution in [0.4, 0.5) is 5.82 Å². The molecule has 0 fully saturated rings. The van der Waals surface area contributed by atoms with Crippen molar-refractivity contribution in [3.8, 4) is 0 Å². The molecule has 2 heterocycles. The Morgan fingerprint density at radius 1 is 1.53 bits per heavy atom. The molecular formula is C10H15N5OS. The first-order chi connectivity index (χ1) is 8.08. The van der Waals surface area contributed by atoms with Crippen LogP contribution in [0.3, 0.4) is 0 Å². The summed E-state index contributed by atoms with van der Waals surface area (Å²) in [7, 11) is -0.831. The minimum Gasteiger partial charge on any atom is -0.364 e. The SMILES string of the molecule is Cc1nnc2c(NC(C)CS(C)=O)nccn12. The van der Waals surface area contributed by atoms with Gasteiger partial charge >= 0.3 is 0 Å². The minimum atomic E-state index is -0.831. The number of aryl methyl sites for hydroxylation is 1. The van der Waals surface area contributed by atoms with E-state index in [1.807, 2.05) is 24.4 Å². The van der Waals surface area contributed by atoms with Gasteiger partial charge in [0.25, 0.3) is 0 Å². The molecule has 2 atom stereocenters. The summed E-state index contributed by atoms with van der Waals surface area (Å²) < 4.78 is 13.0. The van der Waals surface area contributed by atoms with E-state index in [0.717, 1.165) is 5.82 Å². The van der Waals surface area contributed by atoms with Crippen molar-refractivity contribution >= 4 is 22.3 Å². The fourth-order valence-corrected chi connectivity index (χ4v) is 2.46. The normalized spacial score (nSPS) is 14.8. The number of nitrogens with one attached hydrogen (secondary N) is 1. The second-order valence-corrected chi connectivity index (χ2v) is 5.48. The van der Waals surface area contributed by atoms with Crippen LogP contribution in [0.5, 0.6) is 0 Å². The Morgan fingerprint density at radius 2 is 2.29 bits per heavy atom. The van der Waals surface area contributed by atoms with Gasteiger partial charge in [-0.3, -0.25) is 8.61 Å². The van der Waals surface area contributed by atoms with Crippen LogP contribution in [0.1, 0.15) is 12.7 Å². The summed E-state index contributed by atoms with van der Waals surface area (Å²) in [6.45, 7) is 3.85. The Bertz CT molecular complexity index is 553. The molecule has 1 N–H and O–H groups in total. The third-order valence-corrected chi connectivity index (χ3v) is 3.33. The molecule has 0 aliphatic heterocycles. The highest BCUT2D eigenvalue weighted by Gasteiger charge is 2.11. The van der Waals surface area contributed by atoms with Gasteiger partial charge in [0.1, 0.15) is 5.82 Å². The fourth-order valence-electron chi connectivity index (χ4n) is 1.67. The molecule has 0 spiro atoms. The first kappa shape index (κ1) is 12.0. The zero-order chi connectivity index (χ0) is 12.4. The predicted molar refractivity (Wildman–Crippen MR) is 67.5 cm³/mol. The lowest BCUT2D eigenvalue weighted by Gasteiger charge is -2.13. The Kier molecular flexibility index (Phi) is 3.37. The third-order valence-electron chi connectivity index (χ3n) is 2.37. The number of rotatable bonds is 4. The van der Waals surface area contributed by atoms with Crippen LogP contribution in [0.25, 0.3) is 5.65 Å². The van der Waals surface area contributed by atoms with Gasteiger partial charge in [-0.15, -0.1) is 10.2 Å². The predicted octanol–water partition coefficient (Wildman–Crippen LogP) is 0.612. The molecule has 0 aromatic carbocycles. The molecule has 0 saturated carbocycles. The van der Waals surface area contributed by atoms with E-state index in [1.165, 1.54) is 0 Å². The summed E-state index contributed by atoms with van der Waals surface area (Å²) in [6.07, 6.45) is 5.20. The van der Waals surface area contributed by atoms with Gasteiger partial charge in [-0.25, -0.2) is 4.98 Å². The standard InChI is InChI=1S/C10H15N5OS/c1-7(6-17(3)16)12-9-10-14-13-8(2)15(10)5-4-11-9/h4-5,7H,6H2,1-3H3,(H,11,12). The highest BCUT2D eigenvalue weighted by Crippen LogP contribution is 2.13. The van der Waals surface area contributed by atoms with Crippen molar-refractivity contribution < 1.29 is 4.21 Å². The molecule has 2 rings (SSSR count). The summed E-state index contributed by atoms with van der Waals surface area (Å²) in [5.41, 5.74) is 0.693. The lowest BCUT2D eigenvalue weighted by Crippen LogP contribution is -2.23. The maximum absolute atomic E-state index is 11.1. The molecule has 0 amide bonds. The number of hydrogen-bond donors (Lipinski definition) is 1. The summed E-state index contributed by atoms with van der Waals surface area (Å²) in [4.78, 5) is 4.23. The lowest BCUT2D eigenvalue weighted by atomic mass is 10.4. The van der Waals surface area contributed by atoms with Crippen LogP contribution in [0, 0.1) is 6.92 Å². The van der Waals surface area contributed by atoms with Crippen molar-refractivity contribution in [2.75, 3.05) is 17.3 Å². The van der Waals surface area contributed by atoms with Gasteiger partial charge in [0.15, 0.2) is 5.82 Å². The summed E-state index contributed by atoms with van der Waals surface area (Å²) in [5.74, 6) is 2.07. The average molecular weight is 253 g/mol. The molecule has 6 nitrogen and oxygen atoms in total. The summed E-state index contributed by atoms with van der Waals surface area (Å²) in [6, 6.07) is 0.0801. The number of fused-ring (bicyclic) bond motifs is 1. The molecule has 17 heavy (non-hydrogen) atoms. The van der Waals surface area contributed by atoms with Gasteiger partial charge < -0.3 is 5.32 Å². The second-order valence-electron chi connectivity index (χ2n) is 4.00. The molecule has 7 heteroatoms. The van der Waals surface area contributed by atoms with Gasteiger partial charge in [-0.05, 0) is 13.8 Å². The van der Waals surface area contributed by atoms with Gasteiger partial charge in [0, 0.05) is 41.2 Å². The Balaban J connectivity index is 2.27. The molecule has 2 aromatic heterocycles. The first-order valence-corrected chi connectivity index (χ1v) is 7.03.